The van der Waals surface area contributed by atoms with E-state index in [1.165, 1.54) is 44.1 Å². The van der Waals surface area contributed by atoms with Gasteiger partial charge in [-0.3, -0.25) is 0 Å². The van der Waals surface area contributed by atoms with E-state index in [0.29, 0.717) is 5.41 Å². The second-order valence-corrected chi connectivity index (χ2v) is 4.94. The maximum absolute atomic E-state index is 2.56. The van der Waals surface area contributed by atoms with Crippen molar-refractivity contribution in [1.29, 1.82) is 0 Å². The van der Waals surface area contributed by atoms with E-state index >= 15 is 0 Å². The zero-order chi connectivity index (χ0) is 9.43. The van der Waals surface area contributed by atoms with Crippen LogP contribution in [0.15, 0.2) is 24.3 Å². The van der Waals surface area contributed by atoms with E-state index in [0.717, 1.165) is 0 Å². The topological polar surface area (TPSA) is 0 Å². The molecule has 0 unspecified atom stereocenters. The minimum atomic E-state index is 0.557. The minimum Gasteiger partial charge on any atom is -0.0620 e. The maximum Gasteiger partial charge on any atom is -0.00250 e. The van der Waals surface area contributed by atoms with E-state index in [1.807, 2.05) is 0 Å². The third-order valence-corrected chi connectivity index (χ3v) is 3.91. The van der Waals surface area contributed by atoms with Crippen molar-refractivity contribution in [3.8, 4) is 0 Å². The van der Waals surface area contributed by atoms with Gasteiger partial charge in [-0.25, -0.2) is 0 Å². The van der Waals surface area contributed by atoms with E-state index in [1.54, 1.807) is 5.56 Å². The Morgan fingerprint density at radius 3 is 2.50 bits per heavy atom. The van der Waals surface area contributed by atoms with Gasteiger partial charge in [0.05, 0.1) is 0 Å². The Kier molecular flexibility index (Phi) is 1.90. The minimum absolute atomic E-state index is 0.557. The molecular formula is C14H17. The second-order valence-electron chi connectivity index (χ2n) is 4.94. The fourth-order valence-electron chi connectivity index (χ4n) is 3.17. The number of benzene rings is 1. The molecule has 0 nitrogen and oxygen atoms in total. The number of hydrogen-bond donors (Lipinski definition) is 0. The van der Waals surface area contributed by atoms with Crippen molar-refractivity contribution in [1.82, 2.24) is 0 Å². The van der Waals surface area contributed by atoms with Crippen molar-refractivity contribution in [3.63, 3.8) is 0 Å². The normalized spacial score (nSPS) is 23.7. The summed E-state index contributed by atoms with van der Waals surface area (Å²) in [5.74, 6) is 0. The van der Waals surface area contributed by atoms with Crippen LogP contribution in [0.2, 0.25) is 0 Å². The molecule has 0 saturated heterocycles. The molecule has 0 heterocycles. The van der Waals surface area contributed by atoms with Crippen LogP contribution in [0.4, 0.5) is 0 Å². The largest absolute Gasteiger partial charge is 0.0620 e. The predicted octanol–water partition coefficient (Wildman–Crippen LogP) is 3.75. The van der Waals surface area contributed by atoms with E-state index in [4.69, 9.17) is 0 Å². The Balaban J connectivity index is 1.89. The van der Waals surface area contributed by atoms with Crippen molar-refractivity contribution in [2.24, 2.45) is 5.41 Å². The Labute approximate surface area is 86.3 Å². The van der Waals surface area contributed by atoms with E-state index in [-0.39, 0.29) is 0 Å². The molecule has 1 spiro atoms. The van der Waals surface area contributed by atoms with E-state index in [9.17, 15) is 0 Å². The Morgan fingerprint density at radius 1 is 0.929 bits per heavy atom. The molecule has 0 aliphatic heterocycles. The summed E-state index contributed by atoms with van der Waals surface area (Å²) in [6.07, 6.45) is 11.0. The van der Waals surface area contributed by atoms with Crippen molar-refractivity contribution in [2.75, 3.05) is 0 Å². The van der Waals surface area contributed by atoms with Crippen LogP contribution in [0.1, 0.15) is 43.2 Å². The number of rotatable bonds is 0. The summed E-state index contributed by atoms with van der Waals surface area (Å²) < 4.78 is 0. The standard InChI is InChI=1S/C14H17/c1-4-8-14(9-5-1)10-12-6-2-3-7-13(12)11-14/h2-3,6-7,10H,1,4-5,8-9,11H2. The highest BCUT2D eigenvalue weighted by Crippen LogP contribution is 2.48. The maximum atomic E-state index is 2.56. The van der Waals surface area contributed by atoms with E-state index in [2.05, 4.69) is 30.7 Å². The molecule has 0 bridgehead atoms. The lowest BCUT2D eigenvalue weighted by Crippen LogP contribution is -2.22. The molecule has 1 fully saturated rings. The van der Waals surface area contributed by atoms with Crippen LogP contribution in [0, 0.1) is 11.8 Å². The van der Waals surface area contributed by atoms with Crippen LogP contribution in [0.25, 0.3) is 0 Å². The highest BCUT2D eigenvalue weighted by Gasteiger charge is 2.37. The molecule has 2 aliphatic rings. The number of fused-ring (bicyclic) bond motifs is 1. The van der Waals surface area contributed by atoms with Gasteiger partial charge in [0, 0.05) is 0 Å². The molecule has 2 aliphatic carbocycles. The first-order chi connectivity index (χ1) is 6.88. The molecule has 1 radical (unpaired) electrons. The SMILES string of the molecule is [CH]1c2ccccc2CC12CCCCC2. The van der Waals surface area contributed by atoms with Gasteiger partial charge in [-0.15, -0.1) is 0 Å². The van der Waals surface area contributed by atoms with Crippen molar-refractivity contribution in [2.45, 2.75) is 38.5 Å². The smallest absolute Gasteiger partial charge is 0.00250 e. The highest BCUT2D eigenvalue weighted by atomic mass is 14.4. The molecule has 14 heavy (non-hydrogen) atoms. The summed E-state index contributed by atoms with van der Waals surface area (Å²) in [5.41, 5.74) is 3.64. The lowest BCUT2D eigenvalue weighted by Gasteiger charge is -2.32. The van der Waals surface area contributed by atoms with Crippen LogP contribution in [0.3, 0.4) is 0 Å². The summed E-state index contributed by atoms with van der Waals surface area (Å²) >= 11 is 0. The lowest BCUT2D eigenvalue weighted by atomic mass is 9.72. The van der Waals surface area contributed by atoms with Gasteiger partial charge in [-0.2, -0.15) is 0 Å². The van der Waals surface area contributed by atoms with Gasteiger partial charge in [-0.1, -0.05) is 43.5 Å². The summed E-state index contributed by atoms with van der Waals surface area (Å²) in [7, 11) is 0. The first-order valence-electron chi connectivity index (χ1n) is 5.82. The monoisotopic (exact) mass is 185 g/mol. The van der Waals surface area contributed by atoms with Gasteiger partial charge < -0.3 is 0 Å². The fourth-order valence-corrected chi connectivity index (χ4v) is 3.17. The van der Waals surface area contributed by atoms with Gasteiger partial charge in [0.15, 0.2) is 0 Å². The van der Waals surface area contributed by atoms with Crippen molar-refractivity contribution in [3.05, 3.63) is 41.8 Å². The average Bonchev–Trinajstić information content (AvgIpc) is 2.56. The Bertz CT molecular complexity index is 305. The molecule has 0 N–H and O–H groups in total. The first kappa shape index (κ1) is 8.52. The van der Waals surface area contributed by atoms with Gasteiger partial charge in [0.25, 0.3) is 0 Å². The van der Waals surface area contributed by atoms with Gasteiger partial charge >= 0.3 is 0 Å². The molecule has 1 aromatic rings. The molecule has 3 rings (SSSR count). The molecule has 0 heteroatoms. The van der Waals surface area contributed by atoms with Crippen LogP contribution in [-0.2, 0) is 6.42 Å². The van der Waals surface area contributed by atoms with Gasteiger partial charge in [0.1, 0.15) is 0 Å². The summed E-state index contributed by atoms with van der Waals surface area (Å²) in [6.45, 7) is 0. The summed E-state index contributed by atoms with van der Waals surface area (Å²) in [5, 5.41) is 0. The zero-order valence-electron chi connectivity index (χ0n) is 8.63. The molecule has 1 saturated carbocycles. The fraction of sp³-hybridized carbons (Fsp3) is 0.500. The van der Waals surface area contributed by atoms with Crippen LogP contribution < -0.4 is 0 Å². The molecule has 73 valence electrons. The summed E-state index contributed by atoms with van der Waals surface area (Å²) in [4.78, 5) is 0. The number of hydrogen-bond acceptors (Lipinski definition) is 0. The third kappa shape index (κ3) is 1.28. The zero-order valence-corrected chi connectivity index (χ0v) is 8.63. The first-order valence-corrected chi connectivity index (χ1v) is 5.82. The molecule has 0 atom stereocenters. The predicted molar refractivity (Wildman–Crippen MR) is 59.1 cm³/mol. The van der Waals surface area contributed by atoms with Crippen molar-refractivity contribution < 1.29 is 0 Å². The van der Waals surface area contributed by atoms with Crippen LogP contribution in [-0.4, -0.2) is 0 Å². The van der Waals surface area contributed by atoms with Crippen LogP contribution in [0.5, 0.6) is 0 Å². The quantitative estimate of drug-likeness (QED) is 0.577. The summed E-state index contributed by atoms with van der Waals surface area (Å²) in [6, 6.07) is 8.92. The van der Waals surface area contributed by atoms with Crippen LogP contribution >= 0.6 is 0 Å². The van der Waals surface area contributed by atoms with Crippen molar-refractivity contribution >= 4 is 0 Å². The van der Waals surface area contributed by atoms with E-state index < -0.39 is 0 Å². The Morgan fingerprint density at radius 2 is 1.71 bits per heavy atom. The van der Waals surface area contributed by atoms with Gasteiger partial charge in [-0.05, 0) is 42.2 Å². The molecule has 0 aromatic heterocycles. The Hall–Kier alpha value is -0.780. The van der Waals surface area contributed by atoms with Gasteiger partial charge in [0.2, 0.25) is 0 Å². The third-order valence-electron chi connectivity index (χ3n) is 3.91. The second kappa shape index (κ2) is 3.12. The molecular weight excluding hydrogens is 168 g/mol. The molecule has 0 amide bonds. The lowest BCUT2D eigenvalue weighted by molar-refractivity contribution is 0.249. The highest BCUT2D eigenvalue weighted by molar-refractivity contribution is 5.42. The molecule has 1 aromatic carbocycles. The average molecular weight is 185 g/mol.